The summed E-state index contributed by atoms with van der Waals surface area (Å²) in [6.45, 7) is 6.74. The summed E-state index contributed by atoms with van der Waals surface area (Å²) in [5, 5.41) is 4.85. The number of benzene rings is 2. The summed E-state index contributed by atoms with van der Waals surface area (Å²) in [6.07, 6.45) is 2.22. The molecule has 2 aliphatic rings. The second-order valence-electron chi connectivity index (χ2n) is 9.46. The SMILES string of the molecule is Cc1cc(C(=O)CN2C(=O)N[C@](C)(c3ccc4ccccc4c3)C2=O)c(C)n1C[C@H]1CCCO1. The lowest BCUT2D eigenvalue weighted by Gasteiger charge is -2.22. The fraction of sp³-hybridized carbons (Fsp3) is 0.370. The second-order valence-corrected chi connectivity index (χ2v) is 9.46. The summed E-state index contributed by atoms with van der Waals surface area (Å²) >= 11 is 0. The van der Waals surface area contributed by atoms with Crippen molar-refractivity contribution in [3.8, 4) is 0 Å². The fourth-order valence-electron chi connectivity index (χ4n) is 5.12. The number of carbonyl (C=O) groups excluding carboxylic acids is 3. The van der Waals surface area contributed by atoms with Crippen molar-refractivity contribution in [2.24, 2.45) is 0 Å². The lowest BCUT2D eigenvalue weighted by Crippen LogP contribution is -2.41. The Kier molecular flexibility index (Phi) is 5.52. The molecule has 0 bridgehead atoms. The predicted molar refractivity (Wildman–Crippen MR) is 129 cm³/mol. The number of nitrogens with one attached hydrogen (secondary N) is 1. The van der Waals surface area contributed by atoms with Crippen LogP contribution in [-0.2, 0) is 21.6 Å². The molecule has 1 N–H and O–H groups in total. The number of imide groups is 1. The van der Waals surface area contributed by atoms with Gasteiger partial charge in [-0.1, -0.05) is 36.4 Å². The highest BCUT2D eigenvalue weighted by Crippen LogP contribution is 2.31. The van der Waals surface area contributed by atoms with Gasteiger partial charge in [0.25, 0.3) is 5.91 Å². The summed E-state index contributed by atoms with van der Waals surface area (Å²) in [7, 11) is 0. The van der Waals surface area contributed by atoms with E-state index in [2.05, 4.69) is 9.88 Å². The number of ketones is 1. The molecule has 0 aliphatic carbocycles. The average molecular weight is 460 g/mol. The first-order valence-electron chi connectivity index (χ1n) is 11.7. The van der Waals surface area contributed by atoms with E-state index < -0.39 is 17.5 Å². The molecule has 7 heteroatoms. The van der Waals surface area contributed by atoms with E-state index in [-0.39, 0.29) is 18.4 Å². The van der Waals surface area contributed by atoms with Gasteiger partial charge in [-0.05, 0) is 62.1 Å². The number of hydrogen-bond donors (Lipinski definition) is 1. The topological polar surface area (TPSA) is 80.6 Å². The van der Waals surface area contributed by atoms with Gasteiger partial charge in [-0.3, -0.25) is 14.5 Å². The number of aromatic nitrogens is 1. The Morgan fingerprint density at radius 3 is 2.62 bits per heavy atom. The minimum atomic E-state index is -1.22. The monoisotopic (exact) mass is 459 g/mol. The van der Waals surface area contributed by atoms with Crippen molar-refractivity contribution in [1.29, 1.82) is 0 Å². The molecule has 2 aromatic carbocycles. The third kappa shape index (κ3) is 3.70. The van der Waals surface area contributed by atoms with Gasteiger partial charge >= 0.3 is 6.03 Å². The fourth-order valence-corrected chi connectivity index (χ4v) is 5.12. The molecule has 34 heavy (non-hydrogen) atoms. The van der Waals surface area contributed by atoms with Crippen LogP contribution >= 0.6 is 0 Å². The summed E-state index contributed by atoms with van der Waals surface area (Å²) in [5.41, 5.74) is 1.81. The van der Waals surface area contributed by atoms with Crippen molar-refractivity contribution in [3.05, 3.63) is 71.0 Å². The number of nitrogens with zero attached hydrogens (tertiary/aromatic N) is 2. The molecule has 3 aromatic rings. The normalized spacial score (nSPS) is 22.6. The molecule has 3 heterocycles. The van der Waals surface area contributed by atoms with Gasteiger partial charge in [0.05, 0.1) is 12.6 Å². The Bertz CT molecular complexity index is 1300. The van der Waals surface area contributed by atoms with Crippen LogP contribution in [0, 0.1) is 13.8 Å². The Labute approximate surface area is 198 Å². The minimum absolute atomic E-state index is 0.154. The van der Waals surface area contributed by atoms with Crippen LogP contribution in [0.15, 0.2) is 48.5 Å². The van der Waals surface area contributed by atoms with Gasteiger partial charge in [-0.15, -0.1) is 0 Å². The molecular weight excluding hydrogens is 430 g/mol. The van der Waals surface area contributed by atoms with Crippen LogP contribution in [0.2, 0.25) is 0 Å². The Morgan fingerprint density at radius 1 is 1.12 bits per heavy atom. The zero-order valence-electron chi connectivity index (χ0n) is 19.8. The number of urea groups is 1. The molecular formula is C27H29N3O4. The third-order valence-electron chi connectivity index (χ3n) is 7.19. The number of Topliss-reactive ketones (excluding diaryl/α,β-unsaturated/α-hetero) is 1. The van der Waals surface area contributed by atoms with Gasteiger partial charge in [0.1, 0.15) is 5.54 Å². The van der Waals surface area contributed by atoms with E-state index in [1.54, 1.807) is 6.92 Å². The van der Waals surface area contributed by atoms with E-state index >= 15 is 0 Å². The van der Waals surface area contributed by atoms with Gasteiger partial charge in [0.2, 0.25) is 0 Å². The number of aryl methyl sites for hydroxylation is 1. The summed E-state index contributed by atoms with van der Waals surface area (Å²) in [5.74, 6) is -0.674. The van der Waals surface area contributed by atoms with Crippen molar-refractivity contribution < 1.29 is 19.1 Å². The first-order chi connectivity index (χ1) is 16.3. The van der Waals surface area contributed by atoms with E-state index in [0.717, 1.165) is 46.5 Å². The average Bonchev–Trinajstić information content (AvgIpc) is 3.50. The quantitative estimate of drug-likeness (QED) is 0.445. The highest BCUT2D eigenvalue weighted by Gasteiger charge is 2.49. The highest BCUT2D eigenvalue weighted by molar-refractivity contribution is 6.11. The molecule has 176 valence electrons. The summed E-state index contributed by atoms with van der Waals surface area (Å²) in [6, 6.07) is 14.8. The van der Waals surface area contributed by atoms with Gasteiger partial charge < -0.3 is 14.6 Å². The molecule has 5 rings (SSSR count). The predicted octanol–water partition coefficient (Wildman–Crippen LogP) is 4.09. The maximum Gasteiger partial charge on any atom is 0.325 e. The van der Waals surface area contributed by atoms with Gasteiger partial charge in [-0.25, -0.2) is 4.79 Å². The molecule has 1 aromatic heterocycles. The van der Waals surface area contributed by atoms with Crippen molar-refractivity contribution in [2.75, 3.05) is 13.2 Å². The maximum atomic E-state index is 13.4. The Balaban J connectivity index is 1.37. The number of hydrogen-bond acceptors (Lipinski definition) is 4. The largest absolute Gasteiger partial charge is 0.376 e. The van der Waals surface area contributed by atoms with Crippen molar-refractivity contribution in [2.45, 2.75) is 51.8 Å². The number of carbonyl (C=O) groups is 3. The van der Waals surface area contributed by atoms with Gasteiger partial charge in [0.15, 0.2) is 5.78 Å². The van der Waals surface area contributed by atoms with Gasteiger partial charge in [-0.2, -0.15) is 0 Å². The van der Waals surface area contributed by atoms with Crippen LogP contribution in [0.5, 0.6) is 0 Å². The van der Waals surface area contributed by atoms with Crippen LogP contribution in [0.1, 0.15) is 47.1 Å². The highest BCUT2D eigenvalue weighted by atomic mass is 16.5. The standard InChI is InChI=1S/C27H29N3O4/c1-17-13-23(18(2)29(17)15-22-9-6-12-34-22)24(31)16-30-25(32)27(3,28-26(30)33)21-11-10-19-7-4-5-8-20(19)14-21/h4-5,7-8,10-11,13-14,22H,6,9,12,15-16H2,1-3H3,(H,28,33)/t22-,27-/m1/s1. The third-order valence-corrected chi connectivity index (χ3v) is 7.19. The number of ether oxygens (including phenoxy) is 1. The first-order valence-corrected chi connectivity index (χ1v) is 11.7. The summed E-state index contributed by atoms with van der Waals surface area (Å²) < 4.78 is 7.84. The molecule has 3 amide bonds. The summed E-state index contributed by atoms with van der Waals surface area (Å²) in [4.78, 5) is 40.5. The lowest BCUT2D eigenvalue weighted by molar-refractivity contribution is -0.130. The number of rotatable bonds is 6. The van der Waals surface area contributed by atoms with Crippen LogP contribution in [0.25, 0.3) is 10.8 Å². The molecule has 0 unspecified atom stereocenters. The molecule has 2 atom stereocenters. The zero-order chi connectivity index (χ0) is 24.0. The van der Waals surface area contributed by atoms with E-state index in [1.807, 2.05) is 62.4 Å². The van der Waals surface area contributed by atoms with Crippen LogP contribution in [0.4, 0.5) is 4.79 Å². The first kappa shape index (κ1) is 22.3. The molecule has 2 saturated heterocycles. The van der Waals surface area contributed by atoms with Crippen LogP contribution < -0.4 is 5.32 Å². The minimum Gasteiger partial charge on any atom is -0.376 e. The van der Waals surface area contributed by atoms with Crippen molar-refractivity contribution in [1.82, 2.24) is 14.8 Å². The van der Waals surface area contributed by atoms with Crippen LogP contribution in [-0.4, -0.2) is 46.4 Å². The number of amides is 3. The van der Waals surface area contributed by atoms with Crippen LogP contribution in [0.3, 0.4) is 0 Å². The Hall–Kier alpha value is -3.45. The molecule has 2 fully saturated rings. The lowest BCUT2D eigenvalue weighted by atomic mass is 9.90. The van der Waals surface area contributed by atoms with Crippen molar-refractivity contribution >= 4 is 28.5 Å². The Morgan fingerprint density at radius 2 is 1.88 bits per heavy atom. The van der Waals surface area contributed by atoms with E-state index in [0.29, 0.717) is 17.7 Å². The molecule has 0 radical (unpaired) electrons. The number of fused-ring (bicyclic) bond motifs is 1. The van der Waals surface area contributed by atoms with E-state index in [9.17, 15) is 14.4 Å². The molecule has 7 nitrogen and oxygen atoms in total. The van der Waals surface area contributed by atoms with Crippen molar-refractivity contribution in [3.63, 3.8) is 0 Å². The zero-order valence-corrected chi connectivity index (χ0v) is 19.8. The maximum absolute atomic E-state index is 13.4. The smallest absolute Gasteiger partial charge is 0.325 e. The second kappa shape index (κ2) is 8.40. The van der Waals surface area contributed by atoms with Gasteiger partial charge in [0, 0.05) is 30.1 Å². The molecule has 0 spiro atoms. The molecule has 0 saturated carbocycles. The van der Waals surface area contributed by atoms with E-state index in [1.165, 1.54) is 0 Å². The van der Waals surface area contributed by atoms with E-state index in [4.69, 9.17) is 4.74 Å². The molecule has 2 aliphatic heterocycles.